The molecule has 6 nitrogen and oxygen atoms in total. The fourth-order valence-electron chi connectivity index (χ4n) is 3.41. The predicted octanol–water partition coefficient (Wildman–Crippen LogP) is 7.04. The van der Waals surface area contributed by atoms with E-state index in [-0.39, 0.29) is 4.90 Å². The van der Waals surface area contributed by atoms with E-state index in [1.54, 1.807) is 66.7 Å². The molecular weight excluding hydrogens is 564 g/mol. The molecule has 0 saturated heterocycles. The third kappa shape index (κ3) is 6.26. The number of benzene rings is 4. The molecule has 0 aliphatic rings. The van der Waals surface area contributed by atoms with Gasteiger partial charge in [0.05, 0.1) is 16.3 Å². The average molecular weight is 586 g/mol. The van der Waals surface area contributed by atoms with Crippen molar-refractivity contribution >= 4 is 54.8 Å². The lowest BCUT2D eigenvalue weighted by molar-refractivity contribution is -0.114. The quantitative estimate of drug-likeness (QED) is 0.241. The number of rotatable bonds is 8. The van der Waals surface area contributed by atoms with Gasteiger partial charge in [-0.15, -0.1) is 0 Å². The van der Waals surface area contributed by atoms with Crippen molar-refractivity contribution in [1.82, 2.24) is 0 Å². The third-order valence-electron chi connectivity index (χ3n) is 5.18. The highest BCUT2D eigenvalue weighted by Crippen LogP contribution is 2.32. The van der Waals surface area contributed by atoms with Crippen LogP contribution in [-0.4, -0.2) is 20.9 Å². The van der Waals surface area contributed by atoms with Crippen LogP contribution in [0.25, 0.3) is 0 Å². The van der Waals surface area contributed by atoms with Crippen LogP contribution in [0.2, 0.25) is 5.02 Å². The van der Waals surface area contributed by atoms with Crippen LogP contribution in [0.1, 0.15) is 5.56 Å². The Bertz CT molecular complexity index is 1480. The van der Waals surface area contributed by atoms with Gasteiger partial charge in [-0.25, -0.2) is 8.42 Å². The molecule has 0 heterocycles. The molecule has 0 bridgehead atoms. The van der Waals surface area contributed by atoms with Crippen molar-refractivity contribution in [2.75, 3.05) is 16.2 Å². The highest BCUT2D eigenvalue weighted by Gasteiger charge is 2.28. The molecule has 4 aromatic carbocycles. The number of halogens is 2. The van der Waals surface area contributed by atoms with E-state index in [0.717, 1.165) is 9.87 Å². The Morgan fingerprint density at radius 3 is 2.36 bits per heavy atom. The van der Waals surface area contributed by atoms with Gasteiger partial charge in [0.1, 0.15) is 12.3 Å². The summed E-state index contributed by atoms with van der Waals surface area (Å²) in [6.07, 6.45) is 0. The largest absolute Gasteiger partial charge is 0.455 e. The van der Waals surface area contributed by atoms with E-state index in [4.69, 9.17) is 16.3 Å². The molecule has 0 fully saturated rings. The number of carbonyl (C=O) groups excluding carboxylic acids is 1. The minimum absolute atomic E-state index is 0.0803. The maximum absolute atomic E-state index is 13.6. The van der Waals surface area contributed by atoms with Crippen LogP contribution in [-0.2, 0) is 14.8 Å². The monoisotopic (exact) mass is 584 g/mol. The summed E-state index contributed by atoms with van der Waals surface area (Å²) in [5.41, 5.74) is 1.58. The van der Waals surface area contributed by atoms with Crippen LogP contribution in [0.4, 0.5) is 11.4 Å². The van der Waals surface area contributed by atoms with Gasteiger partial charge < -0.3 is 10.1 Å². The Hall–Kier alpha value is -3.33. The summed E-state index contributed by atoms with van der Waals surface area (Å²) in [6.45, 7) is 1.40. The topological polar surface area (TPSA) is 75.7 Å². The molecule has 0 radical (unpaired) electrons. The van der Waals surface area contributed by atoms with E-state index in [2.05, 4.69) is 21.2 Å². The molecule has 184 valence electrons. The van der Waals surface area contributed by atoms with Crippen molar-refractivity contribution in [2.24, 2.45) is 0 Å². The number of carbonyl (C=O) groups is 1. The second-order valence-electron chi connectivity index (χ2n) is 7.91. The first-order valence-corrected chi connectivity index (χ1v) is 13.5. The summed E-state index contributed by atoms with van der Waals surface area (Å²) in [6, 6.07) is 27.1. The molecule has 0 aliphatic carbocycles. The van der Waals surface area contributed by atoms with Crippen molar-refractivity contribution in [3.05, 3.63) is 112 Å². The lowest BCUT2D eigenvalue weighted by atomic mass is 10.2. The number of hydrogen-bond acceptors (Lipinski definition) is 4. The average Bonchev–Trinajstić information content (AvgIpc) is 2.85. The number of nitrogens with zero attached hydrogens (tertiary/aromatic N) is 1. The molecule has 0 unspecified atom stereocenters. The fraction of sp³-hybridized carbons (Fsp3) is 0.0741. The summed E-state index contributed by atoms with van der Waals surface area (Å²) in [7, 11) is -4.05. The molecule has 0 aromatic heterocycles. The van der Waals surface area contributed by atoms with Crippen molar-refractivity contribution in [3.8, 4) is 11.5 Å². The lowest BCUT2D eigenvalue weighted by Crippen LogP contribution is -2.38. The number of ether oxygens (including phenoxy) is 1. The molecular formula is C27H22BrClN2O4S. The summed E-state index contributed by atoms with van der Waals surface area (Å²) in [4.78, 5) is 13.3. The van der Waals surface area contributed by atoms with Gasteiger partial charge in [0.15, 0.2) is 5.75 Å². The van der Waals surface area contributed by atoms with Crippen LogP contribution < -0.4 is 14.4 Å². The Kier molecular flexibility index (Phi) is 7.98. The lowest BCUT2D eigenvalue weighted by Gasteiger charge is -2.24. The van der Waals surface area contributed by atoms with Gasteiger partial charge in [-0.2, -0.15) is 0 Å². The van der Waals surface area contributed by atoms with Crippen LogP contribution in [0.3, 0.4) is 0 Å². The first-order valence-electron chi connectivity index (χ1n) is 10.9. The maximum Gasteiger partial charge on any atom is 0.264 e. The number of nitrogens with one attached hydrogen (secondary N) is 1. The Morgan fingerprint density at radius 2 is 1.67 bits per heavy atom. The number of anilines is 2. The van der Waals surface area contributed by atoms with E-state index in [0.29, 0.717) is 32.4 Å². The summed E-state index contributed by atoms with van der Waals surface area (Å²) >= 11 is 9.55. The van der Waals surface area contributed by atoms with Gasteiger partial charge in [0.2, 0.25) is 5.91 Å². The van der Waals surface area contributed by atoms with Gasteiger partial charge in [-0.05, 0) is 67.6 Å². The third-order valence-corrected chi connectivity index (χ3v) is 7.70. The van der Waals surface area contributed by atoms with E-state index >= 15 is 0 Å². The first-order chi connectivity index (χ1) is 17.2. The Balaban J connectivity index is 1.64. The summed E-state index contributed by atoms with van der Waals surface area (Å²) in [5.74, 6) is 0.383. The normalized spacial score (nSPS) is 11.1. The van der Waals surface area contributed by atoms with E-state index in [1.807, 2.05) is 25.1 Å². The first kappa shape index (κ1) is 25.8. The molecule has 4 rings (SSSR count). The van der Waals surface area contributed by atoms with Gasteiger partial charge >= 0.3 is 0 Å². The number of sulfonamides is 1. The van der Waals surface area contributed by atoms with Crippen molar-refractivity contribution < 1.29 is 17.9 Å². The number of aryl methyl sites for hydroxylation is 1. The second kappa shape index (κ2) is 11.2. The number of amides is 1. The fourth-order valence-corrected chi connectivity index (χ4v) is 5.38. The highest BCUT2D eigenvalue weighted by molar-refractivity contribution is 9.10. The molecule has 0 spiro atoms. The van der Waals surface area contributed by atoms with Crippen molar-refractivity contribution in [2.45, 2.75) is 11.8 Å². The van der Waals surface area contributed by atoms with Crippen LogP contribution in [0, 0.1) is 6.92 Å². The zero-order valence-corrected chi connectivity index (χ0v) is 22.3. The van der Waals surface area contributed by atoms with Gasteiger partial charge in [-0.1, -0.05) is 69.5 Å². The van der Waals surface area contributed by atoms with E-state index in [1.165, 1.54) is 12.1 Å². The Morgan fingerprint density at radius 1 is 0.944 bits per heavy atom. The molecule has 4 aromatic rings. The molecule has 0 aliphatic heterocycles. The number of hydrogen-bond donors (Lipinski definition) is 1. The molecule has 1 N–H and O–H groups in total. The van der Waals surface area contributed by atoms with E-state index in [9.17, 15) is 13.2 Å². The summed E-state index contributed by atoms with van der Waals surface area (Å²) < 4.78 is 34.8. The van der Waals surface area contributed by atoms with Crippen LogP contribution >= 0.6 is 27.5 Å². The molecule has 0 atom stereocenters. The minimum Gasteiger partial charge on any atom is -0.455 e. The van der Waals surface area contributed by atoms with E-state index < -0.39 is 22.5 Å². The standard InChI is InChI=1S/C27H22BrClN2O4S/c1-19-10-13-24(14-11-19)36(33,34)31(22-7-5-6-20(28)16-22)18-27(32)30-25-17-21(29)12-15-26(25)35-23-8-3-2-4-9-23/h2-17H,18H2,1H3,(H,30,32). The van der Waals surface area contributed by atoms with Gasteiger partial charge in [0, 0.05) is 9.50 Å². The van der Waals surface area contributed by atoms with Crippen LogP contribution in [0.15, 0.2) is 106 Å². The zero-order chi connectivity index (χ0) is 25.7. The molecule has 1 amide bonds. The Labute approximate surface area is 223 Å². The molecule has 36 heavy (non-hydrogen) atoms. The second-order valence-corrected chi connectivity index (χ2v) is 11.1. The van der Waals surface area contributed by atoms with Gasteiger partial charge in [-0.3, -0.25) is 9.10 Å². The number of para-hydroxylation sites is 1. The smallest absolute Gasteiger partial charge is 0.264 e. The molecule has 9 heteroatoms. The highest BCUT2D eigenvalue weighted by atomic mass is 79.9. The van der Waals surface area contributed by atoms with Gasteiger partial charge in [0.25, 0.3) is 10.0 Å². The molecule has 0 saturated carbocycles. The maximum atomic E-state index is 13.6. The SMILES string of the molecule is Cc1ccc(S(=O)(=O)N(CC(=O)Nc2cc(Cl)ccc2Oc2ccccc2)c2cccc(Br)c2)cc1. The van der Waals surface area contributed by atoms with Crippen molar-refractivity contribution in [3.63, 3.8) is 0 Å². The van der Waals surface area contributed by atoms with Crippen molar-refractivity contribution in [1.29, 1.82) is 0 Å². The predicted molar refractivity (Wildman–Crippen MR) is 146 cm³/mol. The van der Waals surface area contributed by atoms with Crippen LogP contribution in [0.5, 0.6) is 11.5 Å². The summed E-state index contributed by atoms with van der Waals surface area (Å²) in [5, 5.41) is 3.14. The minimum atomic E-state index is -4.05. The zero-order valence-electron chi connectivity index (χ0n) is 19.2.